The van der Waals surface area contributed by atoms with Crippen LogP contribution in [0.3, 0.4) is 0 Å². The first kappa shape index (κ1) is 9.65. The molecule has 1 amide bonds. The summed E-state index contributed by atoms with van der Waals surface area (Å²) in [6.07, 6.45) is 2.72. The Hall–Kier alpha value is -0.440. The van der Waals surface area contributed by atoms with Crippen molar-refractivity contribution in [3.05, 3.63) is 0 Å². The van der Waals surface area contributed by atoms with Crippen molar-refractivity contribution in [2.45, 2.75) is 38.3 Å². The maximum absolute atomic E-state index is 10.8. The molecule has 0 radical (unpaired) electrons. The maximum atomic E-state index is 10.8. The molecule has 0 aliphatic carbocycles. The summed E-state index contributed by atoms with van der Waals surface area (Å²) in [6.45, 7) is 2.12. The van der Waals surface area contributed by atoms with Gasteiger partial charge in [0.05, 0.1) is 11.9 Å². The van der Waals surface area contributed by atoms with E-state index in [4.69, 9.17) is 16.3 Å². The summed E-state index contributed by atoms with van der Waals surface area (Å²) >= 11 is 5.63. The zero-order chi connectivity index (χ0) is 8.97. The molecule has 0 saturated carbocycles. The van der Waals surface area contributed by atoms with Crippen molar-refractivity contribution in [1.82, 2.24) is 5.32 Å². The molecule has 2 atom stereocenters. The van der Waals surface area contributed by atoms with Crippen LogP contribution in [-0.2, 0) is 4.74 Å². The maximum Gasteiger partial charge on any atom is 0.407 e. The van der Waals surface area contributed by atoms with Crippen LogP contribution in [0.2, 0.25) is 0 Å². The summed E-state index contributed by atoms with van der Waals surface area (Å²) in [7, 11) is 0. The van der Waals surface area contributed by atoms with Gasteiger partial charge in [0.15, 0.2) is 0 Å². The van der Waals surface area contributed by atoms with E-state index in [9.17, 15) is 4.79 Å². The number of unbranched alkanes of at least 4 members (excludes halogenated alkanes) is 1. The van der Waals surface area contributed by atoms with Crippen LogP contribution in [0.25, 0.3) is 0 Å². The largest absolute Gasteiger partial charge is 0.443 e. The highest BCUT2D eigenvalue weighted by Crippen LogP contribution is 2.15. The predicted octanol–water partition coefficient (Wildman–Crippen LogP) is 1.89. The number of nitrogens with one attached hydrogen (secondary N) is 1. The summed E-state index contributed by atoms with van der Waals surface area (Å²) in [5, 5.41) is 2.74. The molecule has 0 aromatic heterocycles. The monoisotopic (exact) mass is 191 g/mol. The van der Waals surface area contributed by atoms with E-state index in [0.717, 1.165) is 19.3 Å². The Morgan fingerprint density at radius 1 is 1.67 bits per heavy atom. The summed E-state index contributed by atoms with van der Waals surface area (Å²) < 4.78 is 4.94. The Balaban J connectivity index is 2.35. The molecule has 70 valence electrons. The smallest absolute Gasteiger partial charge is 0.407 e. The van der Waals surface area contributed by atoms with E-state index < -0.39 is 0 Å². The van der Waals surface area contributed by atoms with E-state index in [1.807, 2.05) is 0 Å². The molecule has 0 aromatic carbocycles. The standard InChI is InChI=1S/C8H14ClNO2/c1-2-3-4-6-7(5-9)12-8(11)10-6/h6-7H,2-5H2,1H3,(H,10,11)/t6-,7+/m0/s1. The number of cyclic esters (lactones) is 1. The number of alkyl halides is 1. The lowest BCUT2D eigenvalue weighted by Gasteiger charge is -2.12. The highest BCUT2D eigenvalue weighted by Gasteiger charge is 2.32. The Kier molecular flexibility index (Phi) is 3.66. The molecule has 1 fully saturated rings. The number of amides is 1. The van der Waals surface area contributed by atoms with Gasteiger partial charge in [0.2, 0.25) is 0 Å². The topological polar surface area (TPSA) is 38.3 Å². The van der Waals surface area contributed by atoms with Crippen molar-refractivity contribution in [3.8, 4) is 0 Å². The number of rotatable bonds is 4. The van der Waals surface area contributed by atoms with Crippen molar-refractivity contribution in [1.29, 1.82) is 0 Å². The average Bonchev–Trinajstić information content (AvgIpc) is 2.42. The van der Waals surface area contributed by atoms with Crippen molar-refractivity contribution < 1.29 is 9.53 Å². The lowest BCUT2D eigenvalue weighted by atomic mass is 10.1. The third-order valence-electron chi connectivity index (χ3n) is 2.03. The van der Waals surface area contributed by atoms with Crippen molar-refractivity contribution in [2.75, 3.05) is 5.88 Å². The molecule has 1 heterocycles. The van der Waals surface area contributed by atoms with Crippen molar-refractivity contribution >= 4 is 17.7 Å². The minimum Gasteiger partial charge on any atom is -0.443 e. The summed E-state index contributed by atoms with van der Waals surface area (Å²) in [5.41, 5.74) is 0. The van der Waals surface area contributed by atoms with Gasteiger partial charge in [-0.3, -0.25) is 0 Å². The van der Waals surface area contributed by atoms with E-state index in [2.05, 4.69) is 12.2 Å². The van der Waals surface area contributed by atoms with Crippen LogP contribution in [0.5, 0.6) is 0 Å². The van der Waals surface area contributed by atoms with Gasteiger partial charge in [0.25, 0.3) is 0 Å². The van der Waals surface area contributed by atoms with Crippen LogP contribution in [0.4, 0.5) is 4.79 Å². The van der Waals surface area contributed by atoms with Crippen molar-refractivity contribution in [2.24, 2.45) is 0 Å². The first-order valence-electron chi connectivity index (χ1n) is 4.31. The summed E-state index contributed by atoms with van der Waals surface area (Å²) in [4.78, 5) is 10.8. The predicted molar refractivity (Wildman–Crippen MR) is 47.4 cm³/mol. The third-order valence-corrected chi connectivity index (χ3v) is 2.34. The minimum atomic E-state index is -0.332. The quantitative estimate of drug-likeness (QED) is 0.690. The SMILES string of the molecule is CCCC[C@@H]1NC(=O)O[C@@H]1CCl. The Morgan fingerprint density at radius 2 is 2.42 bits per heavy atom. The highest BCUT2D eigenvalue weighted by molar-refractivity contribution is 6.18. The molecule has 1 aliphatic heterocycles. The van der Waals surface area contributed by atoms with Gasteiger partial charge in [0.1, 0.15) is 6.10 Å². The van der Waals surface area contributed by atoms with Gasteiger partial charge in [-0.15, -0.1) is 11.6 Å². The zero-order valence-electron chi connectivity index (χ0n) is 7.18. The number of hydrogen-bond donors (Lipinski definition) is 1. The molecule has 3 nitrogen and oxygen atoms in total. The highest BCUT2D eigenvalue weighted by atomic mass is 35.5. The first-order valence-corrected chi connectivity index (χ1v) is 4.84. The molecular formula is C8H14ClNO2. The molecule has 1 saturated heterocycles. The summed E-state index contributed by atoms with van der Waals surface area (Å²) in [6, 6.07) is 0.120. The van der Waals surface area contributed by atoms with Gasteiger partial charge in [-0.1, -0.05) is 19.8 Å². The number of carbonyl (C=O) groups excluding carboxylic acids is 1. The van der Waals surface area contributed by atoms with E-state index >= 15 is 0 Å². The lowest BCUT2D eigenvalue weighted by molar-refractivity contribution is 0.141. The molecular weight excluding hydrogens is 178 g/mol. The third kappa shape index (κ3) is 2.27. The Morgan fingerprint density at radius 3 is 3.00 bits per heavy atom. The number of alkyl carbamates (subject to hydrolysis) is 1. The van der Waals surface area contributed by atoms with Gasteiger partial charge >= 0.3 is 6.09 Å². The Bertz CT molecular complexity index is 163. The number of halogens is 1. The number of hydrogen-bond acceptors (Lipinski definition) is 2. The molecule has 0 bridgehead atoms. The van der Waals surface area contributed by atoms with Crippen molar-refractivity contribution in [3.63, 3.8) is 0 Å². The van der Waals surface area contributed by atoms with Crippen LogP contribution >= 0.6 is 11.6 Å². The van der Waals surface area contributed by atoms with Gasteiger partial charge in [-0.25, -0.2) is 4.79 Å². The average molecular weight is 192 g/mol. The van der Waals surface area contributed by atoms with E-state index in [1.165, 1.54) is 0 Å². The van der Waals surface area contributed by atoms with Crippen LogP contribution in [0, 0.1) is 0 Å². The zero-order valence-corrected chi connectivity index (χ0v) is 7.93. The van der Waals surface area contributed by atoms with Gasteiger partial charge in [0, 0.05) is 0 Å². The molecule has 0 aromatic rings. The second-order valence-electron chi connectivity index (χ2n) is 2.99. The molecule has 1 aliphatic rings. The fourth-order valence-corrected chi connectivity index (χ4v) is 1.60. The van der Waals surface area contributed by atoms with Crippen LogP contribution in [-0.4, -0.2) is 24.1 Å². The van der Waals surface area contributed by atoms with Gasteiger partial charge in [-0.05, 0) is 6.42 Å². The number of ether oxygens (including phenoxy) is 1. The van der Waals surface area contributed by atoms with Gasteiger partial charge in [-0.2, -0.15) is 0 Å². The fourth-order valence-electron chi connectivity index (χ4n) is 1.32. The first-order chi connectivity index (χ1) is 5.77. The Labute approximate surface area is 77.4 Å². The second-order valence-corrected chi connectivity index (χ2v) is 3.30. The van der Waals surface area contributed by atoms with E-state index in [-0.39, 0.29) is 18.2 Å². The molecule has 0 spiro atoms. The second kappa shape index (κ2) is 4.55. The normalized spacial score (nSPS) is 28.3. The summed E-state index contributed by atoms with van der Waals surface area (Å²) in [5.74, 6) is 0.382. The molecule has 1 rings (SSSR count). The molecule has 4 heteroatoms. The fraction of sp³-hybridized carbons (Fsp3) is 0.875. The molecule has 12 heavy (non-hydrogen) atoms. The number of carbonyl (C=O) groups is 1. The van der Waals surface area contributed by atoms with Crippen LogP contribution in [0.15, 0.2) is 0 Å². The minimum absolute atomic E-state index is 0.120. The van der Waals surface area contributed by atoms with Crippen LogP contribution in [0.1, 0.15) is 26.2 Å². The van der Waals surface area contributed by atoms with E-state index in [0.29, 0.717) is 5.88 Å². The van der Waals surface area contributed by atoms with Gasteiger partial charge < -0.3 is 10.1 Å². The molecule has 1 N–H and O–H groups in total. The lowest BCUT2D eigenvalue weighted by Crippen LogP contribution is -2.32. The van der Waals surface area contributed by atoms with Crippen LogP contribution < -0.4 is 5.32 Å². The molecule has 0 unspecified atom stereocenters. The van der Waals surface area contributed by atoms with E-state index in [1.54, 1.807) is 0 Å².